The number of aryl methyl sites for hydroxylation is 2. The van der Waals surface area contributed by atoms with Crippen molar-refractivity contribution in [3.05, 3.63) is 23.3 Å². The molecule has 1 fully saturated rings. The highest BCUT2D eigenvalue weighted by molar-refractivity contribution is 5.83. The molecule has 0 atom stereocenters. The third kappa shape index (κ3) is 2.10. The van der Waals surface area contributed by atoms with E-state index in [0.717, 1.165) is 24.2 Å². The molecule has 0 N–H and O–H groups in total. The average Bonchev–Trinajstić information content (AvgIpc) is 2.27. The van der Waals surface area contributed by atoms with Gasteiger partial charge < -0.3 is 9.47 Å². The third-order valence-corrected chi connectivity index (χ3v) is 3.11. The number of ether oxygens (including phenoxy) is 2. The Kier molecular flexibility index (Phi) is 3.61. The number of hydrogen-bond acceptors (Lipinski definition) is 5. The largest absolute Gasteiger partial charge is 0.468 e. The van der Waals surface area contributed by atoms with Crippen molar-refractivity contribution in [1.29, 1.82) is 0 Å². The van der Waals surface area contributed by atoms with E-state index in [0.29, 0.717) is 19.0 Å². The van der Waals surface area contributed by atoms with Gasteiger partial charge in [0.05, 0.1) is 20.3 Å². The molecule has 1 aromatic rings. The van der Waals surface area contributed by atoms with Gasteiger partial charge in [-0.2, -0.15) is 0 Å². The number of carbonyl (C=O) groups is 1. The number of aromatic nitrogens is 2. The molecule has 0 bridgehead atoms. The summed E-state index contributed by atoms with van der Waals surface area (Å²) in [6, 6.07) is 1.96. The highest BCUT2D eigenvalue weighted by Gasteiger charge is 2.51. The van der Waals surface area contributed by atoms with Crippen molar-refractivity contribution in [3.63, 3.8) is 0 Å². The van der Waals surface area contributed by atoms with Crippen LogP contribution in [0.3, 0.4) is 0 Å². The lowest BCUT2D eigenvalue weighted by Gasteiger charge is -2.37. The SMILES string of the molecule is CCCc1cc(C)nc(C2(C(=O)OC)COC2)n1. The second-order valence-corrected chi connectivity index (χ2v) is 4.64. The smallest absolute Gasteiger partial charge is 0.324 e. The van der Waals surface area contributed by atoms with Crippen molar-refractivity contribution in [2.75, 3.05) is 20.3 Å². The molecular weight excluding hydrogens is 232 g/mol. The molecule has 0 saturated carbocycles. The zero-order valence-corrected chi connectivity index (χ0v) is 11.0. The summed E-state index contributed by atoms with van der Waals surface area (Å²) in [7, 11) is 1.38. The fourth-order valence-corrected chi connectivity index (χ4v) is 2.07. The molecule has 1 saturated heterocycles. The minimum atomic E-state index is -0.802. The zero-order valence-electron chi connectivity index (χ0n) is 11.0. The van der Waals surface area contributed by atoms with Gasteiger partial charge in [-0.3, -0.25) is 4.79 Å². The summed E-state index contributed by atoms with van der Waals surface area (Å²) in [6.07, 6.45) is 1.89. The van der Waals surface area contributed by atoms with E-state index < -0.39 is 5.41 Å². The van der Waals surface area contributed by atoms with Gasteiger partial charge >= 0.3 is 5.97 Å². The van der Waals surface area contributed by atoms with Gasteiger partial charge in [-0.1, -0.05) is 13.3 Å². The number of rotatable bonds is 4. The standard InChI is InChI=1S/C13H18N2O3/c1-4-5-10-6-9(2)14-11(15-10)13(7-18-8-13)12(16)17-3/h6H,4-5,7-8H2,1-3H3. The first-order chi connectivity index (χ1) is 8.62. The Morgan fingerprint density at radius 1 is 1.50 bits per heavy atom. The Hall–Kier alpha value is -1.49. The fraction of sp³-hybridized carbons (Fsp3) is 0.615. The first-order valence-electron chi connectivity index (χ1n) is 6.13. The van der Waals surface area contributed by atoms with Crippen LogP contribution in [0.25, 0.3) is 0 Å². The van der Waals surface area contributed by atoms with Crippen LogP contribution in [0.5, 0.6) is 0 Å². The maximum Gasteiger partial charge on any atom is 0.324 e. The van der Waals surface area contributed by atoms with Crippen LogP contribution >= 0.6 is 0 Å². The quantitative estimate of drug-likeness (QED) is 0.751. The van der Waals surface area contributed by atoms with Gasteiger partial charge in [-0.25, -0.2) is 9.97 Å². The molecule has 5 heteroatoms. The van der Waals surface area contributed by atoms with Gasteiger partial charge in [0, 0.05) is 11.4 Å². The van der Waals surface area contributed by atoms with Crippen molar-refractivity contribution in [2.45, 2.75) is 32.1 Å². The van der Waals surface area contributed by atoms with E-state index >= 15 is 0 Å². The predicted molar refractivity (Wildman–Crippen MR) is 65.3 cm³/mol. The molecule has 1 aliphatic rings. The van der Waals surface area contributed by atoms with Gasteiger partial charge in [0.2, 0.25) is 0 Å². The normalized spacial score (nSPS) is 17.1. The fourth-order valence-electron chi connectivity index (χ4n) is 2.07. The molecule has 1 aromatic heterocycles. The van der Waals surface area contributed by atoms with Crippen LogP contribution < -0.4 is 0 Å². The Labute approximate surface area is 107 Å². The molecule has 0 amide bonds. The maximum atomic E-state index is 11.9. The summed E-state index contributed by atoms with van der Waals surface area (Å²) in [5.74, 6) is 0.214. The minimum Gasteiger partial charge on any atom is -0.468 e. The van der Waals surface area contributed by atoms with Crippen molar-refractivity contribution < 1.29 is 14.3 Å². The van der Waals surface area contributed by atoms with Crippen molar-refractivity contribution in [2.24, 2.45) is 0 Å². The molecule has 0 radical (unpaired) electrons. The van der Waals surface area contributed by atoms with E-state index in [2.05, 4.69) is 16.9 Å². The summed E-state index contributed by atoms with van der Waals surface area (Å²) in [5.41, 5.74) is 1.04. The second-order valence-electron chi connectivity index (χ2n) is 4.64. The summed E-state index contributed by atoms with van der Waals surface area (Å²) in [5, 5.41) is 0. The van der Waals surface area contributed by atoms with E-state index in [4.69, 9.17) is 9.47 Å². The highest BCUT2D eigenvalue weighted by Crippen LogP contribution is 2.31. The summed E-state index contributed by atoms with van der Waals surface area (Å²) >= 11 is 0. The third-order valence-electron chi connectivity index (χ3n) is 3.11. The molecule has 0 aromatic carbocycles. The predicted octanol–water partition coefficient (Wildman–Crippen LogP) is 1.18. The number of methoxy groups -OCH3 is 1. The van der Waals surface area contributed by atoms with E-state index in [1.54, 1.807) is 0 Å². The lowest BCUT2D eigenvalue weighted by atomic mass is 9.84. The number of esters is 1. The molecule has 5 nitrogen and oxygen atoms in total. The molecular formula is C13H18N2O3. The van der Waals surface area contributed by atoms with Crippen LogP contribution in [0.1, 0.15) is 30.6 Å². The molecule has 0 spiro atoms. The van der Waals surface area contributed by atoms with Crippen molar-refractivity contribution in [3.8, 4) is 0 Å². The van der Waals surface area contributed by atoms with Crippen molar-refractivity contribution >= 4 is 5.97 Å². The zero-order chi connectivity index (χ0) is 13.2. The Morgan fingerprint density at radius 2 is 2.22 bits per heavy atom. The number of nitrogens with zero attached hydrogens (tertiary/aromatic N) is 2. The van der Waals surface area contributed by atoms with E-state index in [1.807, 2.05) is 13.0 Å². The van der Waals surface area contributed by atoms with Crippen LogP contribution in [0.15, 0.2) is 6.07 Å². The molecule has 0 unspecified atom stereocenters. The number of hydrogen-bond donors (Lipinski definition) is 0. The van der Waals surface area contributed by atoms with Gasteiger partial charge in [0.15, 0.2) is 11.2 Å². The molecule has 2 rings (SSSR count). The van der Waals surface area contributed by atoms with Crippen molar-refractivity contribution in [1.82, 2.24) is 9.97 Å². The van der Waals surface area contributed by atoms with E-state index in [9.17, 15) is 4.79 Å². The average molecular weight is 250 g/mol. The molecule has 0 aliphatic carbocycles. The lowest BCUT2D eigenvalue weighted by Crippen LogP contribution is -2.54. The van der Waals surface area contributed by atoms with Gasteiger partial charge in [0.25, 0.3) is 0 Å². The monoisotopic (exact) mass is 250 g/mol. The molecule has 1 aliphatic heterocycles. The van der Waals surface area contributed by atoms with E-state index in [-0.39, 0.29) is 5.97 Å². The topological polar surface area (TPSA) is 61.3 Å². The van der Waals surface area contributed by atoms with Crippen LogP contribution in [0.2, 0.25) is 0 Å². The Bertz CT molecular complexity index is 456. The summed E-state index contributed by atoms with van der Waals surface area (Å²) in [4.78, 5) is 20.8. The summed E-state index contributed by atoms with van der Waals surface area (Å²) < 4.78 is 10.0. The highest BCUT2D eigenvalue weighted by atomic mass is 16.5. The molecule has 18 heavy (non-hydrogen) atoms. The Balaban J connectivity index is 2.39. The van der Waals surface area contributed by atoms with Crippen LogP contribution in [0, 0.1) is 6.92 Å². The molecule has 2 heterocycles. The number of carbonyl (C=O) groups excluding carboxylic acids is 1. The molecule has 98 valence electrons. The maximum absolute atomic E-state index is 11.9. The summed E-state index contributed by atoms with van der Waals surface area (Å²) in [6.45, 7) is 4.61. The Morgan fingerprint density at radius 3 is 2.72 bits per heavy atom. The lowest BCUT2D eigenvalue weighted by molar-refractivity contribution is -0.167. The van der Waals surface area contributed by atoms with E-state index in [1.165, 1.54) is 7.11 Å². The van der Waals surface area contributed by atoms with Gasteiger partial charge in [0.1, 0.15) is 0 Å². The minimum absolute atomic E-state index is 0.300. The van der Waals surface area contributed by atoms with Crippen LogP contribution in [-0.4, -0.2) is 36.3 Å². The van der Waals surface area contributed by atoms with Gasteiger partial charge in [-0.15, -0.1) is 0 Å². The van der Waals surface area contributed by atoms with Crippen LogP contribution in [-0.2, 0) is 26.1 Å². The second kappa shape index (κ2) is 5.02. The van der Waals surface area contributed by atoms with Gasteiger partial charge in [-0.05, 0) is 19.4 Å². The first kappa shape index (κ1) is 13.0. The first-order valence-corrected chi connectivity index (χ1v) is 6.13. The van der Waals surface area contributed by atoms with Crippen LogP contribution in [0.4, 0.5) is 0 Å².